The molecule has 1 saturated heterocycles. The Hall–Kier alpha value is -1.99. The lowest BCUT2D eigenvalue weighted by Gasteiger charge is -2.35. The SMILES string of the molecule is CCN(c1csc(C(=O)NCC2C(=O)N=C(C)C=C2C)c1C)C1CCOCC1. The van der Waals surface area contributed by atoms with Crippen LogP contribution in [0.2, 0.25) is 0 Å². The number of hydrogen-bond acceptors (Lipinski definition) is 5. The lowest BCUT2D eigenvalue weighted by molar-refractivity contribution is -0.120. The third kappa shape index (κ3) is 4.36. The van der Waals surface area contributed by atoms with Gasteiger partial charge < -0.3 is 15.0 Å². The highest BCUT2D eigenvalue weighted by Crippen LogP contribution is 2.33. The van der Waals surface area contributed by atoms with Crippen LogP contribution >= 0.6 is 11.3 Å². The first-order valence-electron chi connectivity index (χ1n) is 9.90. The van der Waals surface area contributed by atoms with Gasteiger partial charge in [-0.05, 0) is 52.2 Å². The highest BCUT2D eigenvalue weighted by Gasteiger charge is 2.27. The van der Waals surface area contributed by atoms with Crippen LogP contribution in [0, 0.1) is 12.8 Å². The van der Waals surface area contributed by atoms with Gasteiger partial charge in [0.2, 0.25) is 0 Å². The number of carbonyl (C=O) groups is 2. The lowest BCUT2D eigenvalue weighted by Crippen LogP contribution is -2.39. The molecule has 1 atom stereocenters. The number of carbonyl (C=O) groups excluding carboxylic acids is 2. The molecular formula is C21H29N3O3S. The van der Waals surface area contributed by atoms with Crippen molar-refractivity contribution in [3.63, 3.8) is 0 Å². The number of anilines is 1. The second-order valence-corrected chi connectivity index (χ2v) is 8.33. The summed E-state index contributed by atoms with van der Waals surface area (Å²) in [6.45, 7) is 10.6. The molecule has 3 rings (SSSR count). The predicted octanol–water partition coefficient (Wildman–Crippen LogP) is 3.36. The van der Waals surface area contributed by atoms with E-state index >= 15 is 0 Å². The van der Waals surface area contributed by atoms with Crippen molar-refractivity contribution in [1.29, 1.82) is 0 Å². The molecule has 0 aromatic carbocycles. The van der Waals surface area contributed by atoms with E-state index in [9.17, 15) is 9.59 Å². The topological polar surface area (TPSA) is 71.0 Å². The number of ether oxygens (including phenoxy) is 1. The summed E-state index contributed by atoms with van der Waals surface area (Å²) >= 11 is 1.47. The first-order chi connectivity index (χ1) is 13.4. The van der Waals surface area contributed by atoms with Crippen molar-refractivity contribution >= 4 is 34.6 Å². The quantitative estimate of drug-likeness (QED) is 0.791. The largest absolute Gasteiger partial charge is 0.381 e. The fourth-order valence-corrected chi connectivity index (χ4v) is 4.97. The smallest absolute Gasteiger partial charge is 0.261 e. The lowest BCUT2D eigenvalue weighted by atomic mass is 9.96. The maximum Gasteiger partial charge on any atom is 0.261 e. The van der Waals surface area contributed by atoms with Gasteiger partial charge in [-0.15, -0.1) is 11.3 Å². The Morgan fingerprint density at radius 1 is 1.32 bits per heavy atom. The Labute approximate surface area is 170 Å². The zero-order valence-corrected chi connectivity index (χ0v) is 17.9. The van der Waals surface area contributed by atoms with E-state index in [0.29, 0.717) is 10.9 Å². The van der Waals surface area contributed by atoms with Crippen LogP contribution in [0.1, 0.15) is 48.8 Å². The Morgan fingerprint density at radius 3 is 2.68 bits per heavy atom. The number of rotatable bonds is 6. The van der Waals surface area contributed by atoms with Gasteiger partial charge in [-0.3, -0.25) is 9.59 Å². The number of allylic oxidation sites excluding steroid dienone is 1. The summed E-state index contributed by atoms with van der Waals surface area (Å²) in [6.07, 6.45) is 3.93. The summed E-state index contributed by atoms with van der Waals surface area (Å²) in [7, 11) is 0. The molecule has 0 bridgehead atoms. The van der Waals surface area contributed by atoms with Gasteiger partial charge in [0.1, 0.15) is 0 Å². The van der Waals surface area contributed by atoms with E-state index in [2.05, 4.69) is 27.5 Å². The molecule has 1 aromatic rings. The molecule has 1 aromatic heterocycles. The molecule has 0 radical (unpaired) electrons. The second-order valence-electron chi connectivity index (χ2n) is 7.45. The number of hydrogen-bond donors (Lipinski definition) is 1. The normalized spacial score (nSPS) is 20.6. The van der Waals surface area contributed by atoms with E-state index in [1.54, 1.807) is 0 Å². The predicted molar refractivity (Wildman–Crippen MR) is 114 cm³/mol. The zero-order chi connectivity index (χ0) is 20.3. The first kappa shape index (κ1) is 20.7. The third-order valence-electron chi connectivity index (χ3n) is 5.54. The summed E-state index contributed by atoms with van der Waals surface area (Å²) in [5, 5.41) is 5.01. The molecule has 0 spiro atoms. The summed E-state index contributed by atoms with van der Waals surface area (Å²) in [5.41, 5.74) is 3.80. The number of amides is 2. The van der Waals surface area contributed by atoms with Gasteiger partial charge in [-0.1, -0.05) is 5.57 Å². The number of thiophene rings is 1. The van der Waals surface area contributed by atoms with E-state index < -0.39 is 0 Å². The van der Waals surface area contributed by atoms with Crippen LogP contribution in [0.25, 0.3) is 0 Å². The van der Waals surface area contributed by atoms with Crippen LogP contribution in [-0.2, 0) is 9.53 Å². The number of nitrogens with one attached hydrogen (secondary N) is 1. The van der Waals surface area contributed by atoms with E-state index in [1.165, 1.54) is 11.3 Å². The molecule has 0 saturated carbocycles. The molecule has 2 aliphatic heterocycles. The van der Waals surface area contributed by atoms with Gasteiger partial charge in [0, 0.05) is 43.4 Å². The van der Waals surface area contributed by atoms with Crippen molar-refractivity contribution in [2.75, 3.05) is 31.2 Å². The van der Waals surface area contributed by atoms with E-state index in [4.69, 9.17) is 4.74 Å². The van der Waals surface area contributed by atoms with Crippen LogP contribution in [0.5, 0.6) is 0 Å². The van der Waals surface area contributed by atoms with Crippen molar-refractivity contribution in [3.05, 3.63) is 27.5 Å². The molecule has 0 aliphatic carbocycles. The van der Waals surface area contributed by atoms with Gasteiger partial charge in [0.15, 0.2) is 0 Å². The second kappa shape index (κ2) is 9.01. The van der Waals surface area contributed by atoms with Gasteiger partial charge in [-0.25, -0.2) is 4.99 Å². The Bertz CT molecular complexity index is 806. The van der Waals surface area contributed by atoms with Crippen molar-refractivity contribution in [2.24, 2.45) is 10.9 Å². The van der Waals surface area contributed by atoms with Crippen molar-refractivity contribution < 1.29 is 14.3 Å². The van der Waals surface area contributed by atoms with E-state index in [-0.39, 0.29) is 24.3 Å². The third-order valence-corrected chi connectivity index (χ3v) is 6.61. The van der Waals surface area contributed by atoms with Crippen LogP contribution in [0.3, 0.4) is 0 Å². The minimum Gasteiger partial charge on any atom is -0.381 e. The van der Waals surface area contributed by atoms with E-state index in [0.717, 1.165) is 55.1 Å². The molecule has 1 N–H and O–H groups in total. The number of nitrogens with zero attached hydrogens (tertiary/aromatic N) is 2. The fraction of sp³-hybridized carbons (Fsp3) is 0.571. The maximum atomic E-state index is 12.8. The van der Waals surface area contributed by atoms with Crippen molar-refractivity contribution in [2.45, 2.75) is 46.6 Å². The Morgan fingerprint density at radius 2 is 2.04 bits per heavy atom. The highest BCUT2D eigenvalue weighted by atomic mass is 32.1. The van der Waals surface area contributed by atoms with Gasteiger partial charge in [0.05, 0.1) is 16.5 Å². The molecule has 2 amide bonds. The summed E-state index contributed by atoms with van der Waals surface area (Å²) in [5.74, 6) is -0.677. The average molecular weight is 404 g/mol. The zero-order valence-electron chi connectivity index (χ0n) is 17.1. The fourth-order valence-electron chi connectivity index (χ4n) is 3.97. The molecule has 3 heterocycles. The van der Waals surface area contributed by atoms with E-state index in [1.807, 2.05) is 26.8 Å². The molecule has 1 fully saturated rings. The van der Waals surface area contributed by atoms with Crippen LogP contribution in [-0.4, -0.2) is 49.9 Å². The molecule has 28 heavy (non-hydrogen) atoms. The van der Waals surface area contributed by atoms with Gasteiger partial charge in [-0.2, -0.15) is 0 Å². The molecule has 7 heteroatoms. The summed E-state index contributed by atoms with van der Waals surface area (Å²) < 4.78 is 5.49. The summed E-state index contributed by atoms with van der Waals surface area (Å²) in [4.78, 5) is 32.0. The Balaban J connectivity index is 1.68. The molecular weight excluding hydrogens is 374 g/mol. The standard InChI is InChI=1S/C21H29N3O3S/c1-5-24(16-6-8-27-9-7-16)18-12-28-19(15(18)4)21(26)22-11-17-13(2)10-14(3)23-20(17)25/h10,12,16-17H,5-9,11H2,1-4H3,(H,22,26). The van der Waals surface area contributed by atoms with Gasteiger partial charge in [0.25, 0.3) is 11.8 Å². The minimum absolute atomic E-state index is 0.122. The molecule has 2 aliphatic rings. The van der Waals surface area contributed by atoms with Gasteiger partial charge >= 0.3 is 0 Å². The molecule has 1 unspecified atom stereocenters. The first-order valence-corrected chi connectivity index (χ1v) is 10.8. The maximum absolute atomic E-state index is 12.8. The summed E-state index contributed by atoms with van der Waals surface area (Å²) in [6, 6.07) is 0.455. The average Bonchev–Trinajstić information content (AvgIpc) is 3.04. The number of aliphatic imine (C=N–C) groups is 1. The van der Waals surface area contributed by atoms with Crippen LogP contribution in [0.4, 0.5) is 5.69 Å². The van der Waals surface area contributed by atoms with Crippen LogP contribution in [0.15, 0.2) is 22.0 Å². The monoisotopic (exact) mass is 403 g/mol. The van der Waals surface area contributed by atoms with Crippen molar-refractivity contribution in [1.82, 2.24) is 5.32 Å². The molecule has 6 nitrogen and oxygen atoms in total. The molecule has 152 valence electrons. The number of dihydropyridines is 1. The van der Waals surface area contributed by atoms with Crippen LogP contribution < -0.4 is 10.2 Å². The Kier molecular flexibility index (Phi) is 6.67. The van der Waals surface area contributed by atoms with Crippen molar-refractivity contribution in [3.8, 4) is 0 Å². The minimum atomic E-state index is -0.373. The highest BCUT2D eigenvalue weighted by molar-refractivity contribution is 7.12.